The van der Waals surface area contributed by atoms with Gasteiger partial charge in [0.05, 0.1) is 12.7 Å². The number of ether oxygens (including phenoxy) is 2. The van der Waals surface area contributed by atoms with Crippen LogP contribution in [0.2, 0.25) is 0 Å². The third-order valence-corrected chi connectivity index (χ3v) is 6.67. The van der Waals surface area contributed by atoms with Crippen molar-refractivity contribution in [1.82, 2.24) is 9.62 Å². The van der Waals surface area contributed by atoms with Crippen LogP contribution in [0, 0.1) is 0 Å². The summed E-state index contributed by atoms with van der Waals surface area (Å²) in [6.07, 6.45) is 6.88. The molecule has 1 aromatic rings. The van der Waals surface area contributed by atoms with Crippen molar-refractivity contribution in [1.29, 1.82) is 0 Å². The second-order valence-electron chi connectivity index (χ2n) is 7.49. The zero-order valence-electron chi connectivity index (χ0n) is 16.7. The quantitative estimate of drug-likeness (QED) is 0.673. The van der Waals surface area contributed by atoms with E-state index >= 15 is 0 Å². The topological polar surface area (TPSA) is 102 Å². The lowest BCUT2D eigenvalue weighted by atomic mass is 10.1. The predicted molar refractivity (Wildman–Crippen MR) is 106 cm³/mol. The van der Waals surface area contributed by atoms with Gasteiger partial charge in [-0.1, -0.05) is 19.3 Å². The molecule has 0 unspecified atom stereocenters. The number of hydrogen-bond acceptors (Lipinski definition) is 6. The highest BCUT2D eigenvalue weighted by Gasteiger charge is 2.30. The molecule has 2 fully saturated rings. The Bertz CT molecular complexity index is 843. The summed E-state index contributed by atoms with van der Waals surface area (Å²) in [5.74, 6) is -0.820. The monoisotopic (exact) mass is 424 g/mol. The predicted octanol–water partition coefficient (Wildman–Crippen LogP) is 2.09. The molecule has 9 heteroatoms. The molecule has 1 aliphatic carbocycles. The van der Waals surface area contributed by atoms with E-state index < -0.39 is 16.0 Å². The summed E-state index contributed by atoms with van der Waals surface area (Å²) in [6.45, 7) is 0.996. The number of benzene rings is 1. The molecule has 0 aromatic heterocycles. The number of likely N-dealkylation sites (tertiary alicyclic amines) is 1. The van der Waals surface area contributed by atoms with Crippen LogP contribution in [0.5, 0.6) is 5.75 Å². The fourth-order valence-corrected chi connectivity index (χ4v) is 4.80. The first-order valence-corrected chi connectivity index (χ1v) is 11.5. The highest BCUT2D eigenvalue weighted by molar-refractivity contribution is 7.89. The van der Waals surface area contributed by atoms with Gasteiger partial charge in [-0.2, -0.15) is 0 Å². The first-order valence-electron chi connectivity index (χ1n) is 10.1. The van der Waals surface area contributed by atoms with Crippen molar-refractivity contribution >= 4 is 21.9 Å². The Morgan fingerprint density at radius 1 is 1.10 bits per heavy atom. The molecule has 1 saturated carbocycles. The molecule has 1 amide bonds. The summed E-state index contributed by atoms with van der Waals surface area (Å²) in [5, 5.41) is 0. The molecular formula is C20H28N2O6S. The first-order chi connectivity index (χ1) is 13.9. The number of hydrogen-bond donors (Lipinski definition) is 1. The van der Waals surface area contributed by atoms with E-state index in [1.165, 1.54) is 31.7 Å². The molecule has 1 heterocycles. The Morgan fingerprint density at radius 3 is 2.38 bits per heavy atom. The van der Waals surface area contributed by atoms with Crippen molar-refractivity contribution in [2.75, 3.05) is 26.8 Å². The van der Waals surface area contributed by atoms with Crippen LogP contribution in [0.15, 0.2) is 23.1 Å². The highest BCUT2D eigenvalue weighted by Crippen LogP contribution is 2.28. The average Bonchev–Trinajstić information content (AvgIpc) is 3.48. The Morgan fingerprint density at radius 2 is 1.76 bits per heavy atom. The molecule has 1 N–H and O–H groups in total. The van der Waals surface area contributed by atoms with Crippen molar-refractivity contribution in [2.45, 2.75) is 55.9 Å². The lowest BCUT2D eigenvalue weighted by Crippen LogP contribution is -2.37. The molecule has 3 rings (SSSR count). The van der Waals surface area contributed by atoms with E-state index in [1.807, 2.05) is 0 Å². The van der Waals surface area contributed by atoms with Crippen LogP contribution in [0.4, 0.5) is 0 Å². The van der Waals surface area contributed by atoms with Gasteiger partial charge in [-0.15, -0.1) is 0 Å². The van der Waals surface area contributed by atoms with Gasteiger partial charge in [-0.05, 0) is 43.9 Å². The lowest BCUT2D eigenvalue weighted by Gasteiger charge is -2.24. The van der Waals surface area contributed by atoms with E-state index in [0.717, 1.165) is 38.5 Å². The maximum Gasteiger partial charge on any atom is 0.338 e. The molecule has 0 spiro atoms. The van der Waals surface area contributed by atoms with Gasteiger partial charge < -0.3 is 14.4 Å². The molecule has 0 atom stereocenters. The molecule has 0 radical (unpaired) electrons. The minimum Gasteiger partial charge on any atom is -0.495 e. The van der Waals surface area contributed by atoms with E-state index in [-0.39, 0.29) is 34.8 Å². The van der Waals surface area contributed by atoms with Gasteiger partial charge in [0.2, 0.25) is 10.0 Å². The number of carbonyl (C=O) groups is 2. The largest absolute Gasteiger partial charge is 0.495 e. The van der Waals surface area contributed by atoms with E-state index in [1.54, 1.807) is 4.90 Å². The number of methoxy groups -OCH3 is 1. The summed E-state index contributed by atoms with van der Waals surface area (Å²) in [4.78, 5) is 26.4. The molecule has 8 nitrogen and oxygen atoms in total. The Labute approximate surface area is 171 Å². The van der Waals surface area contributed by atoms with Gasteiger partial charge in [-0.25, -0.2) is 17.9 Å². The van der Waals surface area contributed by atoms with Gasteiger partial charge in [0.25, 0.3) is 5.91 Å². The van der Waals surface area contributed by atoms with E-state index in [0.29, 0.717) is 13.1 Å². The molecule has 160 valence electrons. The normalized spacial score (nSPS) is 17.9. The summed E-state index contributed by atoms with van der Waals surface area (Å²) < 4.78 is 38.0. The second-order valence-corrected chi connectivity index (χ2v) is 9.17. The fourth-order valence-electron chi connectivity index (χ4n) is 3.30. The maximum absolute atomic E-state index is 12.6. The Kier molecular flexibility index (Phi) is 7.13. The van der Waals surface area contributed by atoms with Crippen LogP contribution in [0.25, 0.3) is 0 Å². The highest BCUT2D eigenvalue weighted by atomic mass is 32.2. The van der Waals surface area contributed by atoms with Gasteiger partial charge in [0.15, 0.2) is 6.61 Å². The fraction of sp³-hybridized carbons (Fsp3) is 0.600. The van der Waals surface area contributed by atoms with Crippen molar-refractivity contribution in [3.63, 3.8) is 0 Å². The number of carbonyl (C=O) groups excluding carboxylic acids is 2. The summed E-state index contributed by atoms with van der Waals surface area (Å²) in [7, 11) is -2.44. The van der Waals surface area contributed by atoms with Crippen molar-refractivity contribution < 1.29 is 27.5 Å². The van der Waals surface area contributed by atoms with Gasteiger partial charge in [0.1, 0.15) is 10.6 Å². The Hall–Kier alpha value is -2.13. The van der Waals surface area contributed by atoms with Gasteiger partial charge >= 0.3 is 5.97 Å². The van der Waals surface area contributed by atoms with Crippen molar-refractivity contribution in [3.05, 3.63) is 23.8 Å². The lowest BCUT2D eigenvalue weighted by molar-refractivity contribution is -0.134. The van der Waals surface area contributed by atoms with Crippen LogP contribution >= 0.6 is 0 Å². The number of nitrogens with one attached hydrogen (secondary N) is 1. The number of esters is 1. The Balaban J connectivity index is 1.65. The molecule has 2 aliphatic rings. The standard InChI is InChI=1S/C20H28N2O6S/c1-27-17-10-7-15(13-18(17)29(25,26)21-16-8-9-16)20(24)28-14-19(23)22-11-5-3-2-4-6-12-22/h7,10,13,16,21H,2-6,8-9,11-12,14H2,1H3. The van der Waals surface area contributed by atoms with Gasteiger partial charge in [0, 0.05) is 19.1 Å². The average molecular weight is 425 g/mol. The molecule has 0 bridgehead atoms. The second kappa shape index (κ2) is 9.58. The maximum atomic E-state index is 12.6. The van der Waals surface area contributed by atoms with Crippen LogP contribution in [-0.2, 0) is 19.6 Å². The van der Waals surface area contributed by atoms with Crippen LogP contribution < -0.4 is 9.46 Å². The first kappa shape index (κ1) is 21.6. The third kappa shape index (κ3) is 5.93. The number of rotatable bonds is 7. The number of sulfonamides is 1. The molecule has 1 aromatic carbocycles. The molecular weight excluding hydrogens is 396 g/mol. The van der Waals surface area contributed by atoms with Crippen molar-refractivity contribution in [3.8, 4) is 5.75 Å². The number of nitrogens with zero attached hydrogens (tertiary/aromatic N) is 1. The summed E-state index contributed by atoms with van der Waals surface area (Å²) >= 11 is 0. The van der Waals surface area contributed by atoms with E-state index in [9.17, 15) is 18.0 Å². The van der Waals surface area contributed by atoms with Gasteiger partial charge in [-0.3, -0.25) is 4.79 Å². The minimum absolute atomic E-state index is 0.0578. The van der Waals surface area contributed by atoms with Crippen molar-refractivity contribution in [2.24, 2.45) is 0 Å². The van der Waals surface area contributed by atoms with E-state index in [4.69, 9.17) is 9.47 Å². The zero-order chi connectivity index (χ0) is 20.9. The third-order valence-electron chi connectivity index (χ3n) is 5.12. The molecule has 1 aliphatic heterocycles. The van der Waals surface area contributed by atoms with Crippen LogP contribution in [0.1, 0.15) is 55.3 Å². The SMILES string of the molecule is COc1ccc(C(=O)OCC(=O)N2CCCCCCC2)cc1S(=O)(=O)NC1CC1. The molecule has 29 heavy (non-hydrogen) atoms. The minimum atomic E-state index is -3.81. The van der Waals surface area contributed by atoms with Crippen LogP contribution in [-0.4, -0.2) is 58.0 Å². The van der Waals surface area contributed by atoms with E-state index in [2.05, 4.69) is 4.72 Å². The van der Waals surface area contributed by atoms with Crippen LogP contribution in [0.3, 0.4) is 0 Å². The zero-order valence-corrected chi connectivity index (χ0v) is 17.5. The molecule has 1 saturated heterocycles. The summed E-state index contributed by atoms with van der Waals surface area (Å²) in [5.41, 5.74) is 0.0578. The summed E-state index contributed by atoms with van der Waals surface area (Å²) in [6, 6.07) is 4.00. The number of amides is 1. The smallest absolute Gasteiger partial charge is 0.338 e.